The van der Waals surface area contributed by atoms with Crippen LogP contribution in [0.2, 0.25) is 0 Å². The van der Waals surface area contributed by atoms with Crippen molar-refractivity contribution in [2.24, 2.45) is 0 Å². The fourth-order valence-electron chi connectivity index (χ4n) is 1.87. The molecule has 112 valence electrons. The van der Waals surface area contributed by atoms with Gasteiger partial charge < -0.3 is 19.9 Å². The molecule has 2 rings (SSSR count). The molecule has 0 atom stereocenters. The van der Waals surface area contributed by atoms with Crippen LogP contribution in [0.15, 0.2) is 42.5 Å². The van der Waals surface area contributed by atoms with Crippen LogP contribution in [-0.2, 0) is 6.61 Å². The van der Waals surface area contributed by atoms with Crippen LogP contribution < -0.4 is 19.9 Å². The van der Waals surface area contributed by atoms with Crippen molar-refractivity contribution in [3.05, 3.63) is 48.0 Å². The summed E-state index contributed by atoms with van der Waals surface area (Å²) in [7, 11) is 1.65. The van der Waals surface area contributed by atoms with E-state index < -0.39 is 0 Å². The Hall–Kier alpha value is -2.36. The third kappa shape index (κ3) is 4.31. The zero-order chi connectivity index (χ0) is 15.1. The summed E-state index contributed by atoms with van der Waals surface area (Å²) in [6.45, 7) is 3.16. The maximum absolute atomic E-state index is 5.88. The van der Waals surface area contributed by atoms with Gasteiger partial charge in [0.2, 0.25) is 0 Å². The summed E-state index contributed by atoms with van der Waals surface area (Å²) in [6.07, 6.45) is 0.939. The van der Waals surface area contributed by atoms with Crippen molar-refractivity contribution in [3.63, 3.8) is 0 Å². The first kappa shape index (κ1) is 15.0. The molecule has 2 N–H and O–H groups in total. The lowest BCUT2D eigenvalue weighted by molar-refractivity contribution is 0.295. The number of benzene rings is 2. The van der Waals surface area contributed by atoms with E-state index in [1.165, 1.54) is 0 Å². The van der Waals surface area contributed by atoms with E-state index in [4.69, 9.17) is 19.9 Å². The highest BCUT2D eigenvalue weighted by molar-refractivity contribution is 5.55. The van der Waals surface area contributed by atoms with Gasteiger partial charge in [0.05, 0.1) is 19.4 Å². The van der Waals surface area contributed by atoms with Crippen LogP contribution in [0.1, 0.15) is 18.9 Å². The molecular weight excluding hydrogens is 266 g/mol. The number of hydrogen-bond acceptors (Lipinski definition) is 4. The lowest BCUT2D eigenvalue weighted by Crippen LogP contribution is -2.01. The monoisotopic (exact) mass is 287 g/mol. The SMILES string of the molecule is CCCOc1cc(OCc2cccc(OC)c2)ccc1N. The van der Waals surface area contributed by atoms with Crippen LogP contribution in [0, 0.1) is 0 Å². The zero-order valence-electron chi connectivity index (χ0n) is 12.5. The Kier molecular flexibility index (Phi) is 5.32. The first-order valence-electron chi connectivity index (χ1n) is 7.01. The summed E-state index contributed by atoms with van der Waals surface area (Å²) in [5.74, 6) is 2.22. The van der Waals surface area contributed by atoms with Gasteiger partial charge in [-0.2, -0.15) is 0 Å². The summed E-state index contributed by atoms with van der Waals surface area (Å²) in [5, 5.41) is 0. The van der Waals surface area contributed by atoms with Crippen LogP contribution >= 0.6 is 0 Å². The molecule has 0 heterocycles. The first-order valence-corrected chi connectivity index (χ1v) is 7.01. The number of ether oxygens (including phenoxy) is 3. The molecule has 0 radical (unpaired) electrons. The van der Waals surface area contributed by atoms with Gasteiger partial charge in [0, 0.05) is 6.07 Å². The average Bonchev–Trinajstić information content (AvgIpc) is 2.53. The molecular formula is C17H21NO3. The van der Waals surface area contributed by atoms with Gasteiger partial charge in [-0.25, -0.2) is 0 Å². The minimum Gasteiger partial charge on any atom is -0.497 e. The van der Waals surface area contributed by atoms with Gasteiger partial charge in [-0.1, -0.05) is 19.1 Å². The third-order valence-corrected chi connectivity index (χ3v) is 2.99. The van der Waals surface area contributed by atoms with E-state index in [9.17, 15) is 0 Å². The largest absolute Gasteiger partial charge is 0.497 e. The minimum atomic E-state index is 0.467. The van der Waals surface area contributed by atoms with Crippen molar-refractivity contribution in [1.29, 1.82) is 0 Å². The highest BCUT2D eigenvalue weighted by atomic mass is 16.5. The molecule has 0 aromatic heterocycles. The Labute approximate surface area is 125 Å². The van der Waals surface area contributed by atoms with Gasteiger partial charge in [-0.15, -0.1) is 0 Å². The minimum absolute atomic E-state index is 0.467. The molecule has 2 aromatic rings. The predicted octanol–water partition coefficient (Wildman–Crippen LogP) is 3.65. The lowest BCUT2D eigenvalue weighted by Gasteiger charge is -2.11. The second-order valence-electron chi connectivity index (χ2n) is 4.69. The van der Waals surface area contributed by atoms with Crippen molar-refractivity contribution in [2.45, 2.75) is 20.0 Å². The van der Waals surface area contributed by atoms with E-state index in [1.807, 2.05) is 36.4 Å². The van der Waals surface area contributed by atoms with Crippen LogP contribution in [0.5, 0.6) is 17.2 Å². The second kappa shape index (κ2) is 7.43. The van der Waals surface area contributed by atoms with E-state index in [0.29, 0.717) is 24.7 Å². The van der Waals surface area contributed by atoms with Gasteiger partial charge in [0.25, 0.3) is 0 Å². The van der Waals surface area contributed by atoms with Crippen LogP contribution in [-0.4, -0.2) is 13.7 Å². The molecule has 0 unspecified atom stereocenters. The summed E-state index contributed by atoms with van der Waals surface area (Å²) in [5.41, 5.74) is 7.54. The Morgan fingerprint density at radius 3 is 2.62 bits per heavy atom. The van der Waals surface area contributed by atoms with E-state index in [-0.39, 0.29) is 0 Å². The summed E-state index contributed by atoms with van der Waals surface area (Å²) in [4.78, 5) is 0. The van der Waals surface area contributed by atoms with E-state index >= 15 is 0 Å². The molecule has 0 spiro atoms. The average molecular weight is 287 g/mol. The van der Waals surface area contributed by atoms with E-state index in [0.717, 1.165) is 23.5 Å². The first-order chi connectivity index (χ1) is 10.2. The molecule has 4 heteroatoms. The molecule has 0 aliphatic heterocycles. The van der Waals surface area contributed by atoms with E-state index in [1.54, 1.807) is 13.2 Å². The van der Waals surface area contributed by atoms with Gasteiger partial charge in [0.1, 0.15) is 23.9 Å². The molecule has 0 saturated heterocycles. The highest BCUT2D eigenvalue weighted by Gasteiger charge is 2.04. The molecule has 0 aliphatic rings. The summed E-state index contributed by atoms with van der Waals surface area (Å²) >= 11 is 0. The number of hydrogen-bond donors (Lipinski definition) is 1. The number of nitrogen functional groups attached to an aromatic ring is 1. The van der Waals surface area contributed by atoms with Gasteiger partial charge in [-0.05, 0) is 36.2 Å². The molecule has 0 fully saturated rings. The second-order valence-corrected chi connectivity index (χ2v) is 4.69. The number of nitrogens with two attached hydrogens (primary N) is 1. The Bertz CT molecular complexity index is 584. The van der Waals surface area contributed by atoms with Crippen molar-refractivity contribution in [3.8, 4) is 17.2 Å². The number of anilines is 1. The summed E-state index contributed by atoms with van der Waals surface area (Å²) < 4.78 is 16.6. The molecule has 0 bridgehead atoms. The van der Waals surface area contributed by atoms with Crippen molar-refractivity contribution >= 4 is 5.69 Å². The Balaban J connectivity index is 2.02. The quantitative estimate of drug-likeness (QED) is 0.790. The normalized spacial score (nSPS) is 10.2. The number of methoxy groups -OCH3 is 1. The van der Waals surface area contributed by atoms with Crippen molar-refractivity contribution < 1.29 is 14.2 Å². The van der Waals surface area contributed by atoms with Gasteiger partial charge in [0.15, 0.2) is 0 Å². The molecule has 4 nitrogen and oxygen atoms in total. The zero-order valence-corrected chi connectivity index (χ0v) is 12.5. The fraction of sp³-hybridized carbons (Fsp3) is 0.294. The maximum Gasteiger partial charge on any atom is 0.145 e. The van der Waals surface area contributed by atoms with E-state index in [2.05, 4.69) is 6.92 Å². The smallest absolute Gasteiger partial charge is 0.145 e. The van der Waals surface area contributed by atoms with Gasteiger partial charge in [-0.3, -0.25) is 0 Å². The molecule has 21 heavy (non-hydrogen) atoms. The van der Waals surface area contributed by atoms with Crippen LogP contribution in [0.25, 0.3) is 0 Å². The summed E-state index contributed by atoms with van der Waals surface area (Å²) in [6, 6.07) is 13.3. The fourth-order valence-corrected chi connectivity index (χ4v) is 1.87. The van der Waals surface area contributed by atoms with Crippen LogP contribution in [0.4, 0.5) is 5.69 Å². The maximum atomic E-state index is 5.88. The van der Waals surface area contributed by atoms with Crippen molar-refractivity contribution in [2.75, 3.05) is 19.5 Å². The Morgan fingerprint density at radius 2 is 1.86 bits per heavy atom. The predicted molar refractivity (Wildman–Crippen MR) is 84.0 cm³/mol. The lowest BCUT2D eigenvalue weighted by atomic mass is 10.2. The Morgan fingerprint density at radius 1 is 1.00 bits per heavy atom. The molecule has 0 aliphatic carbocycles. The molecule has 0 amide bonds. The highest BCUT2D eigenvalue weighted by Crippen LogP contribution is 2.27. The molecule has 0 saturated carbocycles. The molecule has 2 aromatic carbocycles. The van der Waals surface area contributed by atoms with Gasteiger partial charge >= 0.3 is 0 Å². The topological polar surface area (TPSA) is 53.7 Å². The van der Waals surface area contributed by atoms with Crippen LogP contribution in [0.3, 0.4) is 0 Å². The standard InChI is InChI=1S/C17H21NO3/c1-3-9-20-17-11-15(7-8-16(17)18)21-12-13-5-4-6-14(10-13)19-2/h4-8,10-11H,3,9,12,18H2,1-2H3. The number of rotatable bonds is 7. The third-order valence-electron chi connectivity index (χ3n) is 2.99. The van der Waals surface area contributed by atoms with Crippen molar-refractivity contribution in [1.82, 2.24) is 0 Å².